The maximum absolute atomic E-state index is 14.8. The SMILES string of the molecule is CC(O)(C(=O)Nc1ccc2c(N)noc2c1)[C@H]1OCCN(c2nn(-c3ccc(F)cc3)cc2F)C1=O. The van der Waals surface area contributed by atoms with Crippen molar-refractivity contribution in [2.75, 3.05) is 29.1 Å². The first-order valence-electron chi connectivity index (χ1n) is 10.8. The van der Waals surface area contributed by atoms with E-state index in [-0.39, 0.29) is 30.5 Å². The number of hydrogen-bond donors (Lipinski definition) is 3. The molecular weight excluding hydrogens is 478 g/mol. The minimum atomic E-state index is -2.33. The van der Waals surface area contributed by atoms with Crippen molar-refractivity contribution in [2.24, 2.45) is 0 Å². The summed E-state index contributed by atoms with van der Waals surface area (Å²) in [6.45, 7) is 0.965. The highest BCUT2D eigenvalue weighted by Crippen LogP contribution is 2.28. The molecule has 1 aliphatic heterocycles. The number of aromatic nitrogens is 3. The number of nitrogens with two attached hydrogens (primary N) is 1. The van der Waals surface area contributed by atoms with Crippen molar-refractivity contribution in [1.29, 1.82) is 0 Å². The van der Waals surface area contributed by atoms with Crippen LogP contribution in [-0.2, 0) is 14.3 Å². The Bertz CT molecular complexity index is 1470. The molecule has 3 heterocycles. The van der Waals surface area contributed by atoms with Gasteiger partial charge in [-0.05, 0) is 43.3 Å². The van der Waals surface area contributed by atoms with Crippen molar-refractivity contribution in [1.82, 2.24) is 14.9 Å². The molecule has 2 aromatic heterocycles. The molecule has 5 rings (SSSR count). The van der Waals surface area contributed by atoms with Gasteiger partial charge in [-0.2, -0.15) is 0 Å². The lowest BCUT2D eigenvalue weighted by molar-refractivity contribution is -0.165. The van der Waals surface area contributed by atoms with Crippen LogP contribution in [0.2, 0.25) is 0 Å². The van der Waals surface area contributed by atoms with E-state index in [0.29, 0.717) is 16.7 Å². The molecule has 0 aliphatic carbocycles. The summed E-state index contributed by atoms with van der Waals surface area (Å²) in [4.78, 5) is 27.1. The van der Waals surface area contributed by atoms with Crippen LogP contribution in [0.5, 0.6) is 0 Å². The second-order valence-corrected chi connectivity index (χ2v) is 8.34. The monoisotopic (exact) mass is 498 g/mol. The number of halogens is 2. The number of carbonyl (C=O) groups excluding carboxylic acids is 2. The maximum atomic E-state index is 14.8. The number of ether oxygens (including phenoxy) is 1. The van der Waals surface area contributed by atoms with Gasteiger partial charge in [0.1, 0.15) is 5.82 Å². The van der Waals surface area contributed by atoms with Crippen LogP contribution in [0.4, 0.5) is 26.1 Å². The van der Waals surface area contributed by atoms with Crippen LogP contribution in [0, 0.1) is 11.6 Å². The lowest BCUT2D eigenvalue weighted by atomic mass is 9.95. The van der Waals surface area contributed by atoms with E-state index < -0.39 is 35.2 Å². The highest BCUT2D eigenvalue weighted by atomic mass is 19.1. The molecule has 4 aromatic rings. The summed E-state index contributed by atoms with van der Waals surface area (Å²) < 4.78 is 39.6. The van der Waals surface area contributed by atoms with Gasteiger partial charge in [0.15, 0.2) is 34.7 Å². The largest absolute Gasteiger partial charge is 0.380 e. The molecule has 0 bridgehead atoms. The highest BCUT2D eigenvalue weighted by Gasteiger charge is 2.49. The van der Waals surface area contributed by atoms with Gasteiger partial charge in [0.2, 0.25) is 0 Å². The summed E-state index contributed by atoms with van der Waals surface area (Å²) in [5.41, 5.74) is 4.29. The Morgan fingerprint density at radius 1 is 1.25 bits per heavy atom. The number of morpholine rings is 1. The molecule has 1 saturated heterocycles. The van der Waals surface area contributed by atoms with Gasteiger partial charge in [-0.25, -0.2) is 13.5 Å². The average Bonchev–Trinajstić information content (AvgIpc) is 3.41. The van der Waals surface area contributed by atoms with E-state index in [1.165, 1.54) is 36.4 Å². The van der Waals surface area contributed by atoms with Gasteiger partial charge in [-0.15, -0.1) is 5.10 Å². The third-order valence-corrected chi connectivity index (χ3v) is 5.82. The molecule has 11 nitrogen and oxygen atoms in total. The van der Waals surface area contributed by atoms with Crippen LogP contribution in [0.1, 0.15) is 6.92 Å². The molecule has 4 N–H and O–H groups in total. The Labute approximate surface area is 202 Å². The first-order valence-corrected chi connectivity index (χ1v) is 10.8. The predicted octanol–water partition coefficient (Wildman–Crippen LogP) is 2.00. The number of aliphatic hydroxyl groups is 1. The van der Waals surface area contributed by atoms with Gasteiger partial charge in [0, 0.05) is 11.8 Å². The fourth-order valence-corrected chi connectivity index (χ4v) is 3.86. The average molecular weight is 498 g/mol. The molecule has 2 amide bonds. The zero-order valence-corrected chi connectivity index (χ0v) is 18.8. The standard InChI is InChI=1S/C23H20F2N6O5/c1-23(34,22(33)27-13-4-7-15-17(10-13)36-29-19(15)26)18-21(32)30(8-9-35-18)20-16(25)11-31(28-20)14-5-2-12(24)3-6-14/h2-7,10-11,18,34H,8-9H2,1H3,(H2,26,29)(H,27,33)/t18-,23?/m0/s1. The molecule has 186 valence electrons. The lowest BCUT2D eigenvalue weighted by Gasteiger charge is -2.37. The summed E-state index contributed by atoms with van der Waals surface area (Å²) in [6.07, 6.45) is -0.608. The smallest absolute Gasteiger partial charge is 0.261 e. The number of hydrogen-bond acceptors (Lipinski definition) is 8. The molecule has 36 heavy (non-hydrogen) atoms. The molecule has 0 spiro atoms. The first-order chi connectivity index (χ1) is 17.1. The summed E-state index contributed by atoms with van der Waals surface area (Å²) in [7, 11) is 0. The molecule has 1 unspecified atom stereocenters. The number of fused-ring (bicyclic) bond motifs is 1. The minimum Gasteiger partial charge on any atom is -0.380 e. The molecule has 0 radical (unpaired) electrons. The normalized spacial score (nSPS) is 17.8. The topological polar surface area (TPSA) is 149 Å². The van der Waals surface area contributed by atoms with Crippen molar-refractivity contribution in [3.05, 3.63) is 60.3 Å². The Morgan fingerprint density at radius 3 is 2.75 bits per heavy atom. The first kappa shape index (κ1) is 23.4. The summed E-state index contributed by atoms with van der Waals surface area (Å²) >= 11 is 0. The van der Waals surface area contributed by atoms with Crippen LogP contribution >= 0.6 is 0 Å². The van der Waals surface area contributed by atoms with Crippen LogP contribution in [0.25, 0.3) is 16.7 Å². The van der Waals surface area contributed by atoms with Crippen molar-refractivity contribution < 1.29 is 32.7 Å². The van der Waals surface area contributed by atoms with Gasteiger partial charge in [0.25, 0.3) is 11.8 Å². The highest BCUT2D eigenvalue weighted by molar-refractivity contribution is 6.06. The Kier molecular flexibility index (Phi) is 5.65. The molecule has 1 aliphatic rings. The third kappa shape index (κ3) is 4.03. The van der Waals surface area contributed by atoms with Gasteiger partial charge >= 0.3 is 0 Å². The zero-order chi connectivity index (χ0) is 25.6. The van der Waals surface area contributed by atoms with Crippen molar-refractivity contribution in [3.8, 4) is 5.69 Å². The van der Waals surface area contributed by atoms with Crippen LogP contribution in [0.15, 0.2) is 53.2 Å². The maximum Gasteiger partial charge on any atom is 0.261 e. The second-order valence-electron chi connectivity index (χ2n) is 8.34. The second kappa shape index (κ2) is 8.70. The third-order valence-electron chi connectivity index (χ3n) is 5.82. The lowest BCUT2D eigenvalue weighted by Crippen LogP contribution is -2.61. The van der Waals surface area contributed by atoms with Crippen LogP contribution < -0.4 is 16.0 Å². The van der Waals surface area contributed by atoms with Crippen molar-refractivity contribution in [2.45, 2.75) is 18.6 Å². The summed E-state index contributed by atoms with van der Waals surface area (Å²) in [5.74, 6) is -3.22. The number of anilines is 3. The predicted molar refractivity (Wildman–Crippen MR) is 123 cm³/mol. The Balaban J connectivity index is 1.36. The number of rotatable bonds is 5. The molecule has 2 aromatic carbocycles. The van der Waals surface area contributed by atoms with Gasteiger partial charge in [-0.3, -0.25) is 14.5 Å². The fourth-order valence-electron chi connectivity index (χ4n) is 3.86. The molecule has 2 atom stereocenters. The molecule has 0 saturated carbocycles. The Morgan fingerprint density at radius 2 is 2.00 bits per heavy atom. The van der Waals surface area contributed by atoms with Crippen LogP contribution in [-0.4, -0.2) is 56.7 Å². The van der Waals surface area contributed by atoms with Gasteiger partial charge in [-0.1, -0.05) is 5.16 Å². The number of nitrogen functional groups attached to an aromatic ring is 1. The molecular formula is C23H20F2N6O5. The summed E-state index contributed by atoms with van der Waals surface area (Å²) in [5, 5.41) is 21.8. The van der Waals surface area contributed by atoms with E-state index in [4.69, 9.17) is 15.0 Å². The molecule has 1 fully saturated rings. The van der Waals surface area contributed by atoms with Gasteiger partial charge < -0.3 is 25.4 Å². The van der Waals surface area contributed by atoms with Gasteiger partial charge in [0.05, 0.1) is 30.4 Å². The number of carbonyl (C=O) groups is 2. The number of amides is 2. The minimum absolute atomic E-state index is 0.0615. The van der Waals surface area contributed by atoms with E-state index in [2.05, 4.69) is 15.6 Å². The quantitative estimate of drug-likeness (QED) is 0.378. The fraction of sp³-hybridized carbons (Fsp3) is 0.217. The van der Waals surface area contributed by atoms with Crippen molar-refractivity contribution >= 4 is 40.1 Å². The van der Waals surface area contributed by atoms with E-state index in [1.54, 1.807) is 6.07 Å². The number of benzene rings is 2. The molecule has 13 heteroatoms. The van der Waals surface area contributed by atoms with E-state index in [0.717, 1.165) is 22.7 Å². The van der Waals surface area contributed by atoms with E-state index >= 15 is 0 Å². The summed E-state index contributed by atoms with van der Waals surface area (Å²) in [6, 6.07) is 9.74. The Hall–Kier alpha value is -4.36. The number of nitrogens with zero attached hydrogens (tertiary/aromatic N) is 4. The van der Waals surface area contributed by atoms with E-state index in [1.807, 2.05) is 0 Å². The van der Waals surface area contributed by atoms with E-state index in [9.17, 15) is 23.5 Å². The van der Waals surface area contributed by atoms with Crippen LogP contribution in [0.3, 0.4) is 0 Å². The zero-order valence-electron chi connectivity index (χ0n) is 18.8. The number of nitrogens with one attached hydrogen (secondary N) is 1. The van der Waals surface area contributed by atoms with Crippen molar-refractivity contribution in [3.63, 3.8) is 0 Å².